The van der Waals surface area contributed by atoms with Crippen molar-refractivity contribution in [3.05, 3.63) is 64.1 Å². The molecule has 5 atom stereocenters. The minimum Gasteiger partial charge on any atom is -0.497 e. The van der Waals surface area contributed by atoms with Crippen LogP contribution in [0.5, 0.6) is 5.75 Å². The number of methoxy groups -OCH3 is 1. The van der Waals surface area contributed by atoms with Gasteiger partial charge in [-0.2, -0.15) is 0 Å². The van der Waals surface area contributed by atoms with E-state index in [2.05, 4.69) is 37.3 Å². The van der Waals surface area contributed by atoms with E-state index in [-0.39, 0.29) is 0 Å². The maximum atomic E-state index is 11.1. The lowest BCUT2D eigenvalue weighted by Gasteiger charge is -2.29. The molecule has 7 heteroatoms. The number of aliphatic hydroxyl groups excluding tert-OH is 2. The quantitative estimate of drug-likeness (QED) is 0.624. The van der Waals surface area contributed by atoms with Gasteiger partial charge in [-0.15, -0.1) is 11.3 Å². The Morgan fingerprint density at radius 1 is 1.12 bits per heavy atom. The minimum atomic E-state index is -0.942. The second kappa shape index (κ2) is 9.22. The van der Waals surface area contributed by atoms with Gasteiger partial charge in [-0.25, -0.2) is 0 Å². The summed E-state index contributed by atoms with van der Waals surface area (Å²) in [6.45, 7) is 5.74. The Balaban J connectivity index is 1.29. The summed E-state index contributed by atoms with van der Waals surface area (Å²) in [6, 6.07) is 12.4. The predicted molar refractivity (Wildman–Crippen MR) is 131 cm³/mol. The van der Waals surface area contributed by atoms with E-state index in [1.165, 1.54) is 26.5 Å². The van der Waals surface area contributed by atoms with Gasteiger partial charge < -0.3 is 29.2 Å². The highest BCUT2D eigenvalue weighted by Crippen LogP contribution is 2.40. The van der Waals surface area contributed by atoms with Crippen molar-refractivity contribution in [3.63, 3.8) is 0 Å². The molecular weight excluding hydrogens is 452 g/mol. The van der Waals surface area contributed by atoms with Crippen molar-refractivity contribution >= 4 is 11.3 Å². The molecule has 0 spiro atoms. The van der Waals surface area contributed by atoms with Gasteiger partial charge in [0.05, 0.1) is 7.11 Å². The molecule has 2 fully saturated rings. The van der Waals surface area contributed by atoms with E-state index in [1.807, 2.05) is 12.1 Å². The lowest BCUT2D eigenvalue weighted by molar-refractivity contribution is -0.223. The number of hydrogen-bond donors (Lipinski definition) is 2. The molecule has 3 aliphatic rings. The number of thiophene rings is 1. The SMILES string of the molecule is COc1ccc(-c2ccc(CC3=C(C)CCC(C(O)[C@@H]4O[C@H]5OC(C)(C)O[C@H]5[C@@H]4O)=C3)s2)cc1. The molecule has 1 aromatic heterocycles. The standard InChI is InChI=1S/C27H32O6S/c1-15-5-6-17(22(28)24-23(29)25-26(31-24)33-27(2,3)32-25)13-18(15)14-20-11-12-21(34-20)16-7-9-19(30-4)10-8-16/h7-13,22-26,28-29H,5-6,14H2,1-4H3/t22?,23-,24+,25+,26+/m1/s1. The monoisotopic (exact) mass is 484 g/mol. The molecule has 5 rings (SSSR count). The van der Waals surface area contributed by atoms with E-state index >= 15 is 0 Å². The van der Waals surface area contributed by atoms with Gasteiger partial charge in [0.15, 0.2) is 12.1 Å². The Morgan fingerprint density at radius 2 is 1.88 bits per heavy atom. The number of allylic oxidation sites excluding steroid dienone is 3. The number of aliphatic hydroxyl groups is 2. The molecule has 2 aliphatic heterocycles. The summed E-state index contributed by atoms with van der Waals surface area (Å²) in [7, 11) is 1.67. The molecule has 0 radical (unpaired) electrons. The van der Waals surface area contributed by atoms with E-state index in [9.17, 15) is 10.2 Å². The van der Waals surface area contributed by atoms with Crippen molar-refractivity contribution in [2.24, 2.45) is 0 Å². The predicted octanol–water partition coefficient (Wildman–Crippen LogP) is 4.60. The average Bonchev–Trinajstić information content (AvgIpc) is 3.49. The minimum absolute atomic E-state index is 0.585. The van der Waals surface area contributed by atoms with Crippen LogP contribution < -0.4 is 4.74 Å². The first-order chi connectivity index (χ1) is 16.2. The highest BCUT2D eigenvalue weighted by atomic mass is 32.1. The molecule has 2 aromatic rings. The summed E-state index contributed by atoms with van der Waals surface area (Å²) in [5, 5.41) is 21.9. The number of fused-ring (bicyclic) bond motifs is 1. The zero-order chi connectivity index (χ0) is 24.0. The Morgan fingerprint density at radius 3 is 2.59 bits per heavy atom. The molecule has 0 saturated carbocycles. The van der Waals surface area contributed by atoms with Crippen LogP contribution in [0.2, 0.25) is 0 Å². The normalized spacial score (nSPS) is 29.2. The smallest absolute Gasteiger partial charge is 0.190 e. The largest absolute Gasteiger partial charge is 0.497 e. The molecule has 6 nitrogen and oxygen atoms in total. The summed E-state index contributed by atoms with van der Waals surface area (Å²) >= 11 is 1.78. The van der Waals surface area contributed by atoms with Crippen LogP contribution >= 0.6 is 11.3 Å². The molecule has 34 heavy (non-hydrogen) atoms. The first-order valence-corrected chi connectivity index (χ1v) is 12.6. The zero-order valence-corrected chi connectivity index (χ0v) is 20.8. The van der Waals surface area contributed by atoms with E-state index in [0.717, 1.165) is 30.6 Å². The van der Waals surface area contributed by atoms with Crippen LogP contribution in [0.15, 0.2) is 59.2 Å². The fourth-order valence-electron chi connectivity index (χ4n) is 4.91. The molecule has 182 valence electrons. The third kappa shape index (κ3) is 4.61. The second-order valence-electron chi connectivity index (χ2n) is 9.70. The maximum Gasteiger partial charge on any atom is 0.190 e. The Kier molecular flexibility index (Phi) is 6.44. The van der Waals surface area contributed by atoms with Gasteiger partial charge in [-0.05, 0) is 86.7 Å². The summed E-state index contributed by atoms with van der Waals surface area (Å²) < 4.78 is 22.7. The van der Waals surface area contributed by atoms with Crippen molar-refractivity contribution in [2.75, 3.05) is 7.11 Å². The number of hydrogen-bond acceptors (Lipinski definition) is 7. The summed E-state index contributed by atoms with van der Waals surface area (Å²) in [6.07, 6.45) is 0.665. The van der Waals surface area contributed by atoms with Gasteiger partial charge in [0.2, 0.25) is 0 Å². The van der Waals surface area contributed by atoms with Gasteiger partial charge in [0.1, 0.15) is 30.2 Å². The van der Waals surface area contributed by atoms with E-state index in [0.29, 0.717) is 0 Å². The number of benzene rings is 1. The van der Waals surface area contributed by atoms with Crippen LogP contribution in [-0.4, -0.2) is 53.8 Å². The maximum absolute atomic E-state index is 11.1. The van der Waals surface area contributed by atoms with E-state index in [4.69, 9.17) is 18.9 Å². The van der Waals surface area contributed by atoms with Crippen molar-refractivity contribution in [1.82, 2.24) is 0 Å². The third-order valence-corrected chi connectivity index (χ3v) is 7.98. The van der Waals surface area contributed by atoms with Gasteiger partial charge in [0.25, 0.3) is 0 Å². The van der Waals surface area contributed by atoms with E-state index in [1.54, 1.807) is 32.3 Å². The van der Waals surface area contributed by atoms with Crippen LogP contribution in [0.25, 0.3) is 10.4 Å². The van der Waals surface area contributed by atoms with Gasteiger partial charge in [0, 0.05) is 16.2 Å². The molecule has 3 heterocycles. The van der Waals surface area contributed by atoms with Crippen LogP contribution in [0, 0.1) is 0 Å². The molecular formula is C27H32O6S. The molecule has 0 bridgehead atoms. The molecule has 1 unspecified atom stereocenters. The Bertz CT molecular complexity index is 1100. The van der Waals surface area contributed by atoms with Crippen LogP contribution in [0.4, 0.5) is 0 Å². The van der Waals surface area contributed by atoms with Crippen LogP contribution in [0.3, 0.4) is 0 Å². The van der Waals surface area contributed by atoms with Crippen LogP contribution in [0.1, 0.15) is 38.5 Å². The summed E-state index contributed by atoms with van der Waals surface area (Å²) in [5.74, 6) is 0.0518. The number of ether oxygens (including phenoxy) is 4. The zero-order valence-electron chi connectivity index (χ0n) is 20.0. The highest BCUT2D eigenvalue weighted by Gasteiger charge is 2.56. The van der Waals surface area contributed by atoms with Crippen molar-refractivity contribution in [1.29, 1.82) is 0 Å². The van der Waals surface area contributed by atoms with Gasteiger partial charge >= 0.3 is 0 Å². The highest BCUT2D eigenvalue weighted by molar-refractivity contribution is 7.15. The van der Waals surface area contributed by atoms with Crippen molar-refractivity contribution < 1.29 is 29.2 Å². The summed E-state index contributed by atoms with van der Waals surface area (Å²) in [5.41, 5.74) is 4.60. The molecule has 1 aliphatic carbocycles. The van der Waals surface area contributed by atoms with Gasteiger partial charge in [-0.1, -0.05) is 11.6 Å². The lowest BCUT2D eigenvalue weighted by Crippen LogP contribution is -2.41. The topological polar surface area (TPSA) is 77.4 Å². The van der Waals surface area contributed by atoms with E-state index < -0.39 is 36.5 Å². The first kappa shape index (κ1) is 23.7. The summed E-state index contributed by atoms with van der Waals surface area (Å²) in [4.78, 5) is 2.48. The van der Waals surface area contributed by atoms with Gasteiger partial charge in [-0.3, -0.25) is 0 Å². The third-order valence-electron chi connectivity index (χ3n) is 6.84. The molecule has 2 N–H and O–H groups in total. The molecule has 2 saturated heterocycles. The first-order valence-electron chi connectivity index (χ1n) is 11.7. The Labute approximate surface area is 204 Å². The fraction of sp³-hybridized carbons (Fsp3) is 0.481. The average molecular weight is 485 g/mol. The van der Waals surface area contributed by atoms with Crippen molar-refractivity contribution in [3.8, 4) is 16.2 Å². The van der Waals surface area contributed by atoms with Crippen molar-refractivity contribution in [2.45, 2.75) is 76.5 Å². The Hall–Kier alpha value is -2.00. The second-order valence-corrected chi connectivity index (χ2v) is 10.9. The lowest BCUT2D eigenvalue weighted by atomic mass is 9.86. The molecule has 1 aromatic carbocycles. The fourth-order valence-corrected chi connectivity index (χ4v) is 5.94. The van der Waals surface area contributed by atoms with Crippen LogP contribution in [-0.2, 0) is 20.6 Å². The molecule has 0 amide bonds. The number of rotatable bonds is 6.